The van der Waals surface area contributed by atoms with Gasteiger partial charge in [-0.3, -0.25) is 4.72 Å². The number of sulfonamides is 1. The van der Waals surface area contributed by atoms with E-state index in [0.717, 1.165) is 5.39 Å². The molecule has 1 aromatic heterocycles. The molecule has 0 aliphatic rings. The molecule has 0 aliphatic carbocycles. The Bertz CT molecular complexity index is 1240. The highest BCUT2D eigenvalue weighted by Gasteiger charge is 2.18. The third kappa shape index (κ3) is 3.63. The third-order valence-electron chi connectivity index (χ3n) is 3.96. The van der Waals surface area contributed by atoms with Crippen LogP contribution in [0.25, 0.3) is 10.8 Å². The fourth-order valence-corrected chi connectivity index (χ4v) is 3.95. The summed E-state index contributed by atoms with van der Waals surface area (Å²) in [5.41, 5.74) is 0.161. The average Bonchev–Trinajstić information content (AvgIpc) is 2.70. The lowest BCUT2D eigenvalue weighted by Crippen LogP contribution is -2.13. The van der Waals surface area contributed by atoms with Crippen molar-refractivity contribution < 1.29 is 17.5 Å². The number of fused-ring (bicyclic) bond motifs is 1. The Balaban J connectivity index is 1.57. The minimum absolute atomic E-state index is 0.0217. The van der Waals surface area contributed by atoms with Crippen LogP contribution < -0.4 is 9.46 Å². The number of nitrogens with one attached hydrogen (secondary N) is 1. The summed E-state index contributed by atoms with van der Waals surface area (Å²) in [4.78, 5) is 8.01. The third-order valence-corrected chi connectivity index (χ3v) is 5.40. The van der Waals surface area contributed by atoms with Gasteiger partial charge in [0.25, 0.3) is 10.0 Å². The van der Waals surface area contributed by atoms with Crippen LogP contribution in [0, 0.1) is 5.82 Å². The Morgan fingerprint density at radius 1 is 0.857 bits per heavy atom. The van der Waals surface area contributed by atoms with Crippen molar-refractivity contribution in [1.82, 2.24) is 9.97 Å². The second kappa shape index (κ2) is 7.24. The van der Waals surface area contributed by atoms with Gasteiger partial charge in [-0.15, -0.1) is 0 Å². The molecular weight excluding hydrogens is 381 g/mol. The van der Waals surface area contributed by atoms with Gasteiger partial charge >= 0.3 is 6.01 Å². The molecule has 28 heavy (non-hydrogen) atoms. The molecule has 0 unspecified atom stereocenters. The topological polar surface area (TPSA) is 81.2 Å². The molecule has 4 rings (SSSR count). The molecule has 0 fully saturated rings. The van der Waals surface area contributed by atoms with Crippen LogP contribution in [0.15, 0.2) is 84.0 Å². The molecule has 0 atom stereocenters. The lowest BCUT2D eigenvalue weighted by atomic mass is 10.1. The fraction of sp³-hybridized carbons (Fsp3) is 0. The molecule has 0 amide bonds. The second-order valence-corrected chi connectivity index (χ2v) is 7.52. The molecule has 1 heterocycles. The first-order valence-corrected chi connectivity index (χ1v) is 9.76. The molecule has 8 heteroatoms. The first-order valence-electron chi connectivity index (χ1n) is 8.28. The van der Waals surface area contributed by atoms with Crippen LogP contribution in [-0.2, 0) is 10.0 Å². The molecular formula is C20H14FN3O3S. The van der Waals surface area contributed by atoms with Crippen LogP contribution in [0.4, 0.5) is 10.1 Å². The Labute approximate surface area is 160 Å². The van der Waals surface area contributed by atoms with Gasteiger partial charge in [-0.2, -0.15) is 0 Å². The van der Waals surface area contributed by atoms with Crippen molar-refractivity contribution >= 4 is 26.5 Å². The zero-order valence-electron chi connectivity index (χ0n) is 14.4. The summed E-state index contributed by atoms with van der Waals surface area (Å²) < 4.78 is 46.9. The van der Waals surface area contributed by atoms with Crippen molar-refractivity contribution in [1.29, 1.82) is 0 Å². The van der Waals surface area contributed by atoms with Crippen LogP contribution >= 0.6 is 0 Å². The minimum Gasteiger partial charge on any atom is -0.421 e. The lowest BCUT2D eigenvalue weighted by molar-refractivity contribution is 0.411. The van der Waals surface area contributed by atoms with E-state index in [4.69, 9.17) is 4.74 Å². The van der Waals surface area contributed by atoms with Gasteiger partial charge in [-0.1, -0.05) is 48.5 Å². The summed E-state index contributed by atoms with van der Waals surface area (Å²) in [6.45, 7) is 0. The van der Waals surface area contributed by atoms with E-state index in [0.29, 0.717) is 5.39 Å². The summed E-state index contributed by atoms with van der Waals surface area (Å²) in [6, 6.07) is 18.0. The minimum atomic E-state index is -3.85. The number of rotatable bonds is 5. The maximum absolute atomic E-state index is 13.6. The number of ether oxygens (including phenoxy) is 1. The van der Waals surface area contributed by atoms with Crippen LogP contribution in [0.2, 0.25) is 0 Å². The number of anilines is 1. The molecule has 0 radical (unpaired) electrons. The largest absolute Gasteiger partial charge is 0.421 e. The zero-order chi connectivity index (χ0) is 19.6. The summed E-state index contributed by atoms with van der Waals surface area (Å²) in [6.07, 6.45) is 2.51. The molecule has 0 spiro atoms. The predicted molar refractivity (Wildman–Crippen MR) is 103 cm³/mol. The van der Waals surface area contributed by atoms with Crippen LogP contribution in [-0.4, -0.2) is 18.4 Å². The molecule has 4 aromatic rings. The molecule has 1 N–H and O–H groups in total. The predicted octanol–water partition coefficient (Wildman–Crippen LogP) is 4.36. The van der Waals surface area contributed by atoms with Gasteiger partial charge in [0.15, 0.2) is 11.6 Å². The Morgan fingerprint density at radius 3 is 2.32 bits per heavy atom. The number of hydrogen-bond acceptors (Lipinski definition) is 5. The van der Waals surface area contributed by atoms with E-state index in [1.54, 1.807) is 24.3 Å². The summed E-state index contributed by atoms with van der Waals surface area (Å²) in [5, 5.41) is 1.42. The summed E-state index contributed by atoms with van der Waals surface area (Å²) in [5.74, 6) is -0.571. The molecule has 140 valence electrons. The van der Waals surface area contributed by atoms with Crippen molar-refractivity contribution in [3.05, 3.63) is 84.9 Å². The smallest absolute Gasteiger partial charge is 0.322 e. The zero-order valence-corrected chi connectivity index (χ0v) is 15.2. The van der Waals surface area contributed by atoms with E-state index < -0.39 is 15.8 Å². The number of nitrogens with zero attached hydrogens (tertiary/aromatic N) is 2. The highest BCUT2D eigenvalue weighted by Crippen LogP contribution is 2.25. The number of hydrogen-bond donors (Lipinski definition) is 1. The summed E-state index contributed by atoms with van der Waals surface area (Å²) in [7, 11) is -3.85. The highest BCUT2D eigenvalue weighted by molar-refractivity contribution is 7.93. The van der Waals surface area contributed by atoms with Crippen LogP contribution in [0.5, 0.6) is 11.8 Å². The van der Waals surface area contributed by atoms with Crippen molar-refractivity contribution in [2.45, 2.75) is 4.90 Å². The fourth-order valence-electron chi connectivity index (χ4n) is 2.69. The number of benzene rings is 3. The van der Waals surface area contributed by atoms with E-state index in [9.17, 15) is 12.8 Å². The second-order valence-electron chi connectivity index (χ2n) is 5.87. The van der Waals surface area contributed by atoms with Gasteiger partial charge in [0, 0.05) is 5.39 Å². The van der Waals surface area contributed by atoms with E-state index in [2.05, 4.69) is 14.7 Å². The normalized spacial score (nSPS) is 11.3. The van der Waals surface area contributed by atoms with Gasteiger partial charge in [0.2, 0.25) is 0 Å². The average molecular weight is 395 g/mol. The van der Waals surface area contributed by atoms with Crippen molar-refractivity contribution in [2.24, 2.45) is 0 Å². The van der Waals surface area contributed by atoms with Crippen LogP contribution in [0.3, 0.4) is 0 Å². The SMILES string of the molecule is O=S(=O)(Nc1cnc(Oc2ccccc2F)nc1)c1cccc2ccccc12. The van der Waals surface area contributed by atoms with Crippen molar-refractivity contribution in [3.63, 3.8) is 0 Å². The van der Waals surface area contributed by atoms with Gasteiger partial charge < -0.3 is 4.74 Å². The quantitative estimate of drug-likeness (QED) is 0.543. The Kier molecular flexibility index (Phi) is 4.62. The molecule has 6 nitrogen and oxygen atoms in total. The number of para-hydroxylation sites is 1. The Morgan fingerprint density at radius 2 is 1.54 bits per heavy atom. The molecule has 3 aromatic carbocycles. The van der Waals surface area contributed by atoms with E-state index in [1.165, 1.54) is 36.7 Å². The molecule has 0 aliphatic heterocycles. The molecule has 0 saturated carbocycles. The van der Waals surface area contributed by atoms with Crippen molar-refractivity contribution in [2.75, 3.05) is 4.72 Å². The molecule has 0 bridgehead atoms. The van der Waals surface area contributed by atoms with Crippen molar-refractivity contribution in [3.8, 4) is 11.8 Å². The van der Waals surface area contributed by atoms with E-state index in [-0.39, 0.29) is 22.3 Å². The first kappa shape index (κ1) is 17.9. The summed E-state index contributed by atoms with van der Waals surface area (Å²) >= 11 is 0. The van der Waals surface area contributed by atoms with Gasteiger partial charge in [-0.25, -0.2) is 22.8 Å². The highest BCUT2D eigenvalue weighted by atomic mass is 32.2. The lowest BCUT2D eigenvalue weighted by Gasteiger charge is -2.10. The van der Waals surface area contributed by atoms with Crippen LogP contribution in [0.1, 0.15) is 0 Å². The van der Waals surface area contributed by atoms with Gasteiger partial charge in [0.1, 0.15) is 0 Å². The van der Waals surface area contributed by atoms with Gasteiger partial charge in [0.05, 0.1) is 23.0 Å². The number of aromatic nitrogens is 2. The van der Waals surface area contributed by atoms with E-state index in [1.807, 2.05) is 18.2 Å². The Hall–Kier alpha value is -3.52. The number of halogens is 1. The first-order chi connectivity index (χ1) is 13.5. The molecule has 0 saturated heterocycles. The standard InChI is InChI=1S/C20H14FN3O3S/c21-17-9-3-4-10-18(17)27-20-22-12-15(13-23-20)24-28(25,26)19-11-5-7-14-6-1-2-8-16(14)19/h1-13,24H. The maximum Gasteiger partial charge on any atom is 0.322 e. The van der Waals surface area contributed by atoms with E-state index >= 15 is 0 Å². The maximum atomic E-state index is 13.6. The monoisotopic (exact) mass is 395 g/mol. The van der Waals surface area contributed by atoms with Gasteiger partial charge in [-0.05, 0) is 23.6 Å².